The minimum atomic E-state index is 0.365. The fourth-order valence-corrected chi connectivity index (χ4v) is 1.71. The van der Waals surface area contributed by atoms with E-state index in [1.165, 1.54) is 0 Å². The van der Waals surface area contributed by atoms with Gasteiger partial charge in [0, 0.05) is 31.6 Å². The van der Waals surface area contributed by atoms with E-state index in [1.807, 2.05) is 20.0 Å². The largest absolute Gasteiger partial charge is 0.398 e. The molecule has 2 N–H and O–H groups in total. The van der Waals surface area contributed by atoms with Gasteiger partial charge in [0.05, 0.1) is 12.3 Å². The number of nitrogens with zero attached hydrogens (tertiary/aromatic N) is 2. The molecule has 0 fully saturated rings. The lowest BCUT2D eigenvalue weighted by atomic mass is 10.1. The summed E-state index contributed by atoms with van der Waals surface area (Å²) in [5.74, 6) is 0. The molecule has 17 heavy (non-hydrogen) atoms. The molecule has 4 nitrogen and oxygen atoms in total. The molecule has 1 aromatic rings. The van der Waals surface area contributed by atoms with Crippen molar-refractivity contribution in [1.82, 2.24) is 9.88 Å². The molecule has 0 aromatic carbocycles. The average molecular weight is 237 g/mol. The fourth-order valence-electron chi connectivity index (χ4n) is 1.71. The van der Waals surface area contributed by atoms with E-state index in [0.717, 1.165) is 35.7 Å². The highest BCUT2D eigenvalue weighted by molar-refractivity contribution is 5.53. The summed E-state index contributed by atoms with van der Waals surface area (Å²) in [6, 6.07) is 0.365. The van der Waals surface area contributed by atoms with Crippen LogP contribution >= 0.6 is 0 Å². The third-order valence-corrected chi connectivity index (χ3v) is 3.24. The Morgan fingerprint density at radius 2 is 2.12 bits per heavy atom. The summed E-state index contributed by atoms with van der Waals surface area (Å²) < 4.78 is 5.15. The summed E-state index contributed by atoms with van der Waals surface area (Å²) >= 11 is 0. The second-order valence-electron chi connectivity index (χ2n) is 4.65. The van der Waals surface area contributed by atoms with Crippen LogP contribution in [0.4, 0.5) is 5.69 Å². The number of hydrogen-bond donors (Lipinski definition) is 1. The van der Waals surface area contributed by atoms with Crippen molar-refractivity contribution in [3.8, 4) is 0 Å². The van der Waals surface area contributed by atoms with Crippen LogP contribution in [-0.4, -0.2) is 36.7 Å². The molecule has 1 unspecified atom stereocenters. The van der Waals surface area contributed by atoms with Gasteiger partial charge >= 0.3 is 0 Å². The molecule has 96 valence electrons. The second kappa shape index (κ2) is 5.98. The number of aromatic nitrogens is 1. The van der Waals surface area contributed by atoms with Gasteiger partial charge in [0.15, 0.2) is 0 Å². The van der Waals surface area contributed by atoms with Gasteiger partial charge in [0.25, 0.3) is 0 Å². The standard InChI is InChI=1S/C13H23N3O/c1-9-6-15-12(11(3)13(9)14)7-16(4)10(2)8-17-5/h6,10H,7-8H2,1-5H3,(H2,14,15). The third kappa shape index (κ3) is 3.41. The predicted molar refractivity (Wildman–Crippen MR) is 70.9 cm³/mol. The van der Waals surface area contributed by atoms with Gasteiger partial charge in [0.2, 0.25) is 0 Å². The zero-order valence-corrected chi connectivity index (χ0v) is 11.4. The number of pyridine rings is 1. The lowest BCUT2D eigenvalue weighted by molar-refractivity contribution is 0.111. The monoisotopic (exact) mass is 237 g/mol. The number of nitrogen functional groups attached to an aromatic ring is 1. The molecule has 0 aliphatic rings. The van der Waals surface area contributed by atoms with Gasteiger partial charge in [-0.3, -0.25) is 9.88 Å². The average Bonchev–Trinajstić information content (AvgIpc) is 2.30. The Bertz CT molecular complexity index is 379. The van der Waals surface area contributed by atoms with Crippen LogP contribution < -0.4 is 5.73 Å². The van der Waals surface area contributed by atoms with Crippen molar-refractivity contribution < 1.29 is 4.74 Å². The smallest absolute Gasteiger partial charge is 0.0615 e. The second-order valence-corrected chi connectivity index (χ2v) is 4.65. The maximum atomic E-state index is 6.01. The number of ether oxygens (including phenoxy) is 1. The molecule has 0 radical (unpaired) electrons. The lowest BCUT2D eigenvalue weighted by Gasteiger charge is -2.24. The molecular weight excluding hydrogens is 214 g/mol. The molecular formula is C13H23N3O. The van der Waals surface area contributed by atoms with E-state index in [-0.39, 0.29) is 0 Å². The van der Waals surface area contributed by atoms with Crippen LogP contribution in [0.2, 0.25) is 0 Å². The highest BCUT2D eigenvalue weighted by Crippen LogP contribution is 2.19. The zero-order valence-electron chi connectivity index (χ0n) is 11.4. The van der Waals surface area contributed by atoms with Crippen molar-refractivity contribution in [2.45, 2.75) is 33.4 Å². The Morgan fingerprint density at radius 3 is 2.71 bits per heavy atom. The maximum Gasteiger partial charge on any atom is 0.0615 e. The number of nitrogens with two attached hydrogens (primary N) is 1. The summed E-state index contributed by atoms with van der Waals surface area (Å²) in [6.07, 6.45) is 1.84. The molecule has 1 aromatic heterocycles. The first kappa shape index (κ1) is 13.9. The molecule has 0 aliphatic carbocycles. The molecule has 0 saturated carbocycles. The maximum absolute atomic E-state index is 6.01. The normalized spacial score (nSPS) is 13.1. The van der Waals surface area contributed by atoms with E-state index in [9.17, 15) is 0 Å². The molecule has 0 saturated heterocycles. The van der Waals surface area contributed by atoms with Crippen LogP contribution in [0.3, 0.4) is 0 Å². The van der Waals surface area contributed by atoms with Crippen molar-refractivity contribution in [1.29, 1.82) is 0 Å². The molecule has 1 heterocycles. The minimum Gasteiger partial charge on any atom is -0.398 e. The third-order valence-electron chi connectivity index (χ3n) is 3.24. The Balaban J connectivity index is 2.78. The number of hydrogen-bond acceptors (Lipinski definition) is 4. The van der Waals surface area contributed by atoms with Gasteiger partial charge in [0.1, 0.15) is 0 Å². The number of anilines is 1. The van der Waals surface area contributed by atoms with Crippen LogP contribution in [0, 0.1) is 13.8 Å². The number of likely N-dealkylation sites (N-methyl/N-ethyl adjacent to an activating group) is 1. The first-order valence-electron chi connectivity index (χ1n) is 5.87. The van der Waals surface area contributed by atoms with E-state index < -0.39 is 0 Å². The highest BCUT2D eigenvalue weighted by atomic mass is 16.5. The SMILES string of the molecule is COCC(C)N(C)Cc1ncc(C)c(N)c1C. The Labute approximate surface area is 104 Å². The quantitative estimate of drug-likeness (QED) is 0.847. The molecule has 0 bridgehead atoms. The van der Waals surface area contributed by atoms with E-state index in [1.54, 1.807) is 7.11 Å². The van der Waals surface area contributed by atoms with Gasteiger partial charge in [-0.2, -0.15) is 0 Å². The molecule has 0 amide bonds. The first-order valence-corrected chi connectivity index (χ1v) is 5.87. The van der Waals surface area contributed by atoms with Crippen LogP contribution in [0.25, 0.3) is 0 Å². The van der Waals surface area contributed by atoms with Crippen molar-refractivity contribution in [3.05, 3.63) is 23.0 Å². The lowest BCUT2D eigenvalue weighted by Crippen LogP contribution is -2.32. The van der Waals surface area contributed by atoms with E-state index >= 15 is 0 Å². The molecule has 0 aliphatic heterocycles. The predicted octanol–water partition coefficient (Wildman–Crippen LogP) is 1.75. The number of methoxy groups -OCH3 is 1. The van der Waals surface area contributed by atoms with E-state index in [4.69, 9.17) is 10.5 Å². The Hall–Kier alpha value is -1.13. The molecule has 1 atom stereocenters. The van der Waals surface area contributed by atoms with Crippen LogP contribution in [0.15, 0.2) is 6.20 Å². The summed E-state index contributed by atoms with van der Waals surface area (Å²) in [4.78, 5) is 6.67. The van der Waals surface area contributed by atoms with Crippen LogP contribution in [0.5, 0.6) is 0 Å². The first-order chi connectivity index (χ1) is 7.97. The van der Waals surface area contributed by atoms with Gasteiger partial charge < -0.3 is 10.5 Å². The van der Waals surface area contributed by atoms with E-state index in [2.05, 4.69) is 23.9 Å². The van der Waals surface area contributed by atoms with Crippen molar-refractivity contribution in [2.24, 2.45) is 0 Å². The van der Waals surface area contributed by atoms with Gasteiger partial charge in [-0.1, -0.05) is 0 Å². The topological polar surface area (TPSA) is 51.4 Å². The number of aryl methyl sites for hydroxylation is 1. The number of rotatable bonds is 5. The van der Waals surface area contributed by atoms with Crippen LogP contribution in [-0.2, 0) is 11.3 Å². The molecule has 1 rings (SSSR count). The Kier molecular flexibility index (Phi) is 4.90. The van der Waals surface area contributed by atoms with Crippen molar-refractivity contribution in [3.63, 3.8) is 0 Å². The van der Waals surface area contributed by atoms with Gasteiger partial charge in [-0.15, -0.1) is 0 Å². The van der Waals surface area contributed by atoms with Crippen molar-refractivity contribution >= 4 is 5.69 Å². The van der Waals surface area contributed by atoms with E-state index in [0.29, 0.717) is 6.04 Å². The Morgan fingerprint density at radius 1 is 1.47 bits per heavy atom. The summed E-state index contributed by atoms with van der Waals surface area (Å²) in [5.41, 5.74) is 10.0. The summed E-state index contributed by atoms with van der Waals surface area (Å²) in [6.45, 7) is 7.66. The van der Waals surface area contributed by atoms with Crippen LogP contribution in [0.1, 0.15) is 23.7 Å². The molecule has 4 heteroatoms. The highest BCUT2D eigenvalue weighted by Gasteiger charge is 2.13. The molecule has 0 spiro atoms. The zero-order chi connectivity index (χ0) is 13.0. The summed E-state index contributed by atoms with van der Waals surface area (Å²) in [7, 11) is 3.79. The fraction of sp³-hybridized carbons (Fsp3) is 0.615. The van der Waals surface area contributed by atoms with Crippen molar-refractivity contribution in [2.75, 3.05) is 26.5 Å². The van der Waals surface area contributed by atoms with Gasteiger partial charge in [-0.25, -0.2) is 0 Å². The summed E-state index contributed by atoms with van der Waals surface area (Å²) in [5, 5.41) is 0. The van der Waals surface area contributed by atoms with Gasteiger partial charge in [-0.05, 0) is 38.9 Å². The minimum absolute atomic E-state index is 0.365.